The molecule has 0 aliphatic carbocycles. The lowest BCUT2D eigenvalue weighted by atomic mass is 11.2. The Morgan fingerprint density at radius 2 is 2.11 bits per heavy atom. The minimum Gasteiger partial charge on any atom is -0.291 e. The molecule has 4 heteroatoms. The summed E-state index contributed by atoms with van der Waals surface area (Å²) in [6.45, 7) is 6.71. The highest BCUT2D eigenvalue weighted by atomic mass is 32.2. The summed E-state index contributed by atoms with van der Waals surface area (Å²) in [5.74, 6) is 0. The first-order chi connectivity index (χ1) is 4.35. The van der Waals surface area contributed by atoms with Gasteiger partial charge in [0.2, 0.25) is 0 Å². The van der Waals surface area contributed by atoms with Gasteiger partial charge in [-0.25, -0.2) is 6.57 Å². The standard InChI is InChI=1S/C5H8N2S2/c1-6-4-7-5(8-2)9-3/h4H2,2-3H3. The maximum atomic E-state index is 6.45. The fourth-order valence-electron chi connectivity index (χ4n) is 0.306. The third-order valence-corrected chi connectivity index (χ3v) is 2.58. The van der Waals surface area contributed by atoms with Crippen molar-refractivity contribution >= 4 is 27.9 Å². The first kappa shape index (κ1) is 8.86. The second-order valence-electron chi connectivity index (χ2n) is 1.13. The Labute approximate surface area is 63.9 Å². The summed E-state index contributed by atoms with van der Waals surface area (Å²) in [5, 5.41) is 0. The minimum absolute atomic E-state index is 0.261. The third kappa shape index (κ3) is 4.37. The topological polar surface area (TPSA) is 16.7 Å². The van der Waals surface area contributed by atoms with Gasteiger partial charge in [-0.15, -0.1) is 23.5 Å². The van der Waals surface area contributed by atoms with Crippen molar-refractivity contribution in [3.05, 3.63) is 11.4 Å². The van der Waals surface area contributed by atoms with Gasteiger partial charge in [-0.2, -0.15) is 4.99 Å². The molecule has 0 fully saturated rings. The number of hydrogen-bond acceptors (Lipinski definition) is 3. The van der Waals surface area contributed by atoms with E-state index in [9.17, 15) is 0 Å². The monoisotopic (exact) mass is 160 g/mol. The van der Waals surface area contributed by atoms with E-state index in [1.54, 1.807) is 23.5 Å². The average molecular weight is 160 g/mol. The maximum Gasteiger partial charge on any atom is 0.307 e. The van der Waals surface area contributed by atoms with Crippen molar-refractivity contribution in [1.82, 2.24) is 0 Å². The summed E-state index contributed by atoms with van der Waals surface area (Å²) in [5.41, 5.74) is 0. The highest BCUT2D eigenvalue weighted by molar-refractivity contribution is 8.38. The molecule has 0 bridgehead atoms. The molecule has 0 aliphatic heterocycles. The van der Waals surface area contributed by atoms with Gasteiger partial charge in [0, 0.05) is 0 Å². The number of thioether (sulfide) groups is 2. The molecule has 0 aromatic rings. The van der Waals surface area contributed by atoms with E-state index in [-0.39, 0.29) is 6.67 Å². The second-order valence-corrected chi connectivity index (χ2v) is 2.98. The highest BCUT2D eigenvalue weighted by Gasteiger charge is 1.91. The molecule has 0 saturated carbocycles. The van der Waals surface area contributed by atoms with Gasteiger partial charge < -0.3 is 0 Å². The summed E-state index contributed by atoms with van der Waals surface area (Å²) >= 11 is 3.16. The van der Waals surface area contributed by atoms with Gasteiger partial charge in [0.25, 0.3) is 0 Å². The van der Waals surface area contributed by atoms with Crippen molar-refractivity contribution in [3.8, 4) is 0 Å². The Bertz CT molecular complexity index is 130. The van der Waals surface area contributed by atoms with Gasteiger partial charge in [0.05, 0.1) is 0 Å². The molecule has 0 rings (SSSR count). The maximum absolute atomic E-state index is 6.45. The molecule has 0 aromatic carbocycles. The van der Waals surface area contributed by atoms with E-state index in [0.29, 0.717) is 0 Å². The predicted molar refractivity (Wildman–Crippen MR) is 45.9 cm³/mol. The molecule has 0 spiro atoms. The molecule has 9 heavy (non-hydrogen) atoms. The SMILES string of the molecule is [C-]#[N+]CN=C(SC)SC. The van der Waals surface area contributed by atoms with E-state index in [0.717, 1.165) is 4.38 Å². The Hall–Kier alpha value is -0.140. The molecular formula is C5H8N2S2. The van der Waals surface area contributed by atoms with Crippen molar-refractivity contribution in [2.24, 2.45) is 4.99 Å². The molecule has 50 valence electrons. The molecule has 0 radical (unpaired) electrons. The highest BCUT2D eigenvalue weighted by Crippen LogP contribution is 2.09. The predicted octanol–water partition coefficient (Wildman–Crippen LogP) is 1.95. The molecule has 0 saturated heterocycles. The van der Waals surface area contributed by atoms with Gasteiger partial charge in [0.1, 0.15) is 4.38 Å². The molecular weight excluding hydrogens is 152 g/mol. The number of aliphatic imine (C=N–C) groups is 1. The van der Waals surface area contributed by atoms with Crippen LogP contribution in [-0.4, -0.2) is 23.6 Å². The Morgan fingerprint density at radius 3 is 2.44 bits per heavy atom. The van der Waals surface area contributed by atoms with E-state index in [1.807, 2.05) is 12.5 Å². The van der Waals surface area contributed by atoms with Crippen LogP contribution in [0, 0.1) is 6.57 Å². The molecule has 2 nitrogen and oxygen atoms in total. The van der Waals surface area contributed by atoms with Gasteiger partial charge in [-0.1, -0.05) is 0 Å². The Balaban J connectivity index is 3.64. The van der Waals surface area contributed by atoms with E-state index in [1.165, 1.54) is 0 Å². The quantitative estimate of drug-likeness (QED) is 0.331. The first-order valence-electron chi connectivity index (χ1n) is 2.30. The minimum atomic E-state index is 0.261. The van der Waals surface area contributed by atoms with E-state index in [4.69, 9.17) is 6.57 Å². The van der Waals surface area contributed by atoms with Gasteiger partial charge in [-0.3, -0.25) is 4.85 Å². The molecule has 0 N–H and O–H groups in total. The van der Waals surface area contributed by atoms with Crippen molar-refractivity contribution in [1.29, 1.82) is 0 Å². The number of hydrogen-bond donors (Lipinski definition) is 0. The fourth-order valence-corrected chi connectivity index (χ4v) is 1.35. The van der Waals surface area contributed by atoms with Crippen LogP contribution in [-0.2, 0) is 0 Å². The van der Waals surface area contributed by atoms with Crippen LogP contribution in [0.3, 0.4) is 0 Å². The van der Waals surface area contributed by atoms with Crippen LogP contribution in [0.2, 0.25) is 0 Å². The Morgan fingerprint density at radius 1 is 1.56 bits per heavy atom. The van der Waals surface area contributed by atoms with Crippen molar-refractivity contribution < 1.29 is 0 Å². The summed E-state index contributed by atoms with van der Waals surface area (Å²) in [6.07, 6.45) is 3.92. The Kier molecular flexibility index (Phi) is 5.89. The molecule has 0 aromatic heterocycles. The van der Waals surface area contributed by atoms with E-state index >= 15 is 0 Å². The van der Waals surface area contributed by atoms with Crippen LogP contribution in [0.4, 0.5) is 0 Å². The molecule has 0 unspecified atom stereocenters. The summed E-state index contributed by atoms with van der Waals surface area (Å²) in [4.78, 5) is 7.07. The van der Waals surface area contributed by atoms with Crippen LogP contribution in [0.1, 0.15) is 0 Å². The lowest BCUT2D eigenvalue weighted by Gasteiger charge is -1.91. The lowest BCUT2D eigenvalue weighted by Crippen LogP contribution is -1.82. The second kappa shape index (κ2) is 5.99. The van der Waals surface area contributed by atoms with Crippen LogP contribution >= 0.6 is 23.5 Å². The van der Waals surface area contributed by atoms with Crippen LogP contribution in [0.15, 0.2) is 4.99 Å². The fraction of sp³-hybridized carbons (Fsp3) is 0.600. The molecule has 0 atom stereocenters. The molecule has 0 amide bonds. The normalized spacial score (nSPS) is 8.11. The summed E-state index contributed by atoms with van der Waals surface area (Å²) < 4.78 is 0.978. The van der Waals surface area contributed by atoms with Crippen molar-refractivity contribution in [3.63, 3.8) is 0 Å². The largest absolute Gasteiger partial charge is 0.307 e. The van der Waals surface area contributed by atoms with Crippen molar-refractivity contribution in [2.75, 3.05) is 19.2 Å². The molecule has 0 heterocycles. The zero-order valence-corrected chi connectivity index (χ0v) is 7.05. The van der Waals surface area contributed by atoms with Gasteiger partial charge in [0.15, 0.2) is 0 Å². The zero-order chi connectivity index (χ0) is 7.11. The average Bonchev–Trinajstić information content (AvgIpc) is 1.91. The van der Waals surface area contributed by atoms with Crippen LogP contribution in [0.25, 0.3) is 4.85 Å². The number of nitrogens with zero attached hydrogens (tertiary/aromatic N) is 2. The van der Waals surface area contributed by atoms with Gasteiger partial charge in [-0.05, 0) is 12.5 Å². The van der Waals surface area contributed by atoms with Crippen molar-refractivity contribution in [2.45, 2.75) is 0 Å². The third-order valence-electron chi connectivity index (χ3n) is 0.620. The molecule has 0 aliphatic rings. The van der Waals surface area contributed by atoms with E-state index < -0.39 is 0 Å². The first-order valence-corrected chi connectivity index (χ1v) is 4.75. The summed E-state index contributed by atoms with van der Waals surface area (Å²) in [7, 11) is 0. The smallest absolute Gasteiger partial charge is 0.291 e. The van der Waals surface area contributed by atoms with E-state index in [2.05, 4.69) is 9.84 Å². The summed E-state index contributed by atoms with van der Waals surface area (Å²) in [6, 6.07) is 0. The zero-order valence-electron chi connectivity index (χ0n) is 5.42. The van der Waals surface area contributed by atoms with Crippen LogP contribution < -0.4 is 0 Å². The lowest BCUT2D eigenvalue weighted by molar-refractivity contribution is 1.26. The van der Waals surface area contributed by atoms with Crippen LogP contribution in [0.5, 0.6) is 0 Å². The number of rotatable bonds is 1. The van der Waals surface area contributed by atoms with Gasteiger partial charge >= 0.3 is 6.67 Å².